The molecule has 0 radical (unpaired) electrons. The van der Waals surface area contributed by atoms with Crippen LogP contribution < -0.4 is 5.32 Å². The van der Waals surface area contributed by atoms with E-state index in [-0.39, 0.29) is 11.5 Å². The highest BCUT2D eigenvalue weighted by molar-refractivity contribution is 7.91. The highest BCUT2D eigenvalue weighted by atomic mass is 32.2. The third-order valence-electron chi connectivity index (χ3n) is 3.50. The minimum atomic E-state index is -3.15. The predicted octanol–water partition coefficient (Wildman–Crippen LogP) is 0.501. The molecule has 2 unspecified atom stereocenters. The third kappa shape index (κ3) is 3.43. The van der Waals surface area contributed by atoms with E-state index in [1.807, 2.05) is 36.5 Å². The van der Waals surface area contributed by atoms with E-state index in [1.54, 1.807) is 10.9 Å². The van der Waals surface area contributed by atoms with E-state index in [0.717, 1.165) is 5.56 Å². The molecule has 3 rings (SSSR count). The lowest BCUT2D eigenvalue weighted by molar-refractivity contribution is 0.190. The van der Waals surface area contributed by atoms with Crippen molar-refractivity contribution in [3.8, 4) is 0 Å². The maximum atomic E-state index is 11.5. The van der Waals surface area contributed by atoms with Crippen molar-refractivity contribution in [1.82, 2.24) is 9.78 Å². The van der Waals surface area contributed by atoms with Crippen molar-refractivity contribution in [1.29, 1.82) is 0 Å². The van der Waals surface area contributed by atoms with E-state index >= 15 is 0 Å². The van der Waals surface area contributed by atoms with Crippen LogP contribution in [-0.2, 0) is 16.4 Å². The summed E-state index contributed by atoms with van der Waals surface area (Å²) in [6.45, 7) is 0.647. The van der Waals surface area contributed by atoms with E-state index in [0.29, 0.717) is 12.2 Å². The van der Waals surface area contributed by atoms with Crippen molar-refractivity contribution in [3.63, 3.8) is 0 Å². The molecule has 1 aromatic carbocycles. The Hall–Kier alpha value is -1.86. The Kier molecular flexibility index (Phi) is 3.69. The first-order valence-corrected chi connectivity index (χ1v) is 8.55. The first-order valence-electron chi connectivity index (χ1n) is 6.73. The molecule has 1 aliphatic rings. The van der Waals surface area contributed by atoms with Crippen LogP contribution in [0, 0.1) is 0 Å². The number of anilines is 1. The minimum absolute atomic E-state index is 0.0436. The summed E-state index contributed by atoms with van der Waals surface area (Å²) < 4.78 is 24.7. The SMILES string of the molecule is O=S1(=O)CC(O)C(Nc2cnn(Cc3ccccc3)c2)C1. The van der Waals surface area contributed by atoms with Gasteiger partial charge in [-0.15, -0.1) is 0 Å². The fourth-order valence-electron chi connectivity index (χ4n) is 2.48. The van der Waals surface area contributed by atoms with Crippen LogP contribution >= 0.6 is 0 Å². The van der Waals surface area contributed by atoms with Gasteiger partial charge in [-0.25, -0.2) is 8.42 Å². The zero-order chi connectivity index (χ0) is 14.9. The van der Waals surface area contributed by atoms with Crippen molar-refractivity contribution in [3.05, 3.63) is 48.3 Å². The van der Waals surface area contributed by atoms with E-state index < -0.39 is 22.0 Å². The number of aromatic nitrogens is 2. The van der Waals surface area contributed by atoms with Crippen LogP contribution in [0.1, 0.15) is 5.56 Å². The van der Waals surface area contributed by atoms with Gasteiger partial charge in [-0.05, 0) is 5.56 Å². The van der Waals surface area contributed by atoms with E-state index in [1.165, 1.54) is 0 Å². The Morgan fingerprint density at radius 3 is 2.71 bits per heavy atom. The Labute approximate surface area is 123 Å². The fourth-order valence-corrected chi connectivity index (χ4v) is 4.22. The maximum Gasteiger partial charge on any atom is 0.155 e. The number of hydrogen-bond acceptors (Lipinski definition) is 5. The average molecular weight is 307 g/mol. The minimum Gasteiger partial charge on any atom is -0.390 e. The van der Waals surface area contributed by atoms with Gasteiger partial charge in [0.25, 0.3) is 0 Å². The second-order valence-corrected chi connectivity index (χ2v) is 7.46. The van der Waals surface area contributed by atoms with E-state index in [2.05, 4.69) is 10.4 Å². The van der Waals surface area contributed by atoms with Crippen molar-refractivity contribution in [2.45, 2.75) is 18.7 Å². The van der Waals surface area contributed by atoms with Gasteiger partial charge >= 0.3 is 0 Å². The summed E-state index contributed by atoms with van der Waals surface area (Å²) >= 11 is 0. The zero-order valence-electron chi connectivity index (χ0n) is 11.4. The molecule has 6 nitrogen and oxygen atoms in total. The third-order valence-corrected chi connectivity index (χ3v) is 5.21. The molecule has 2 heterocycles. The van der Waals surface area contributed by atoms with Gasteiger partial charge in [-0.1, -0.05) is 30.3 Å². The quantitative estimate of drug-likeness (QED) is 0.859. The average Bonchev–Trinajstić information content (AvgIpc) is 2.95. The van der Waals surface area contributed by atoms with Crippen LogP contribution in [0.4, 0.5) is 5.69 Å². The monoisotopic (exact) mass is 307 g/mol. The Morgan fingerprint density at radius 2 is 2.05 bits per heavy atom. The molecule has 2 atom stereocenters. The lowest BCUT2D eigenvalue weighted by Gasteiger charge is -2.14. The van der Waals surface area contributed by atoms with Crippen molar-refractivity contribution < 1.29 is 13.5 Å². The van der Waals surface area contributed by atoms with Gasteiger partial charge in [0.2, 0.25) is 0 Å². The predicted molar refractivity (Wildman–Crippen MR) is 79.8 cm³/mol. The molecule has 0 aliphatic carbocycles. The summed E-state index contributed by atoms with van der Waals surface area (Å²) in [7, 11) is -3.15. The lowest BCUT2D eigenvalue weighted by Crippen LogP contribution is -2.31. The highest BCUT2D eigenvalue weighted by Gasteiger charge is 2.36. The molecule has 2 aromatic rings. The summed E-state index contributed by atoms with van der Waals surface area (Å²) in [6, 6.07) is 9.46. The normalized spacial score (nSPS) is 24.0. The lowest BCUT2D eigenvalue weighted by atomic mass is 10.2. The van der Waals surface area contributed by atoms with E-state index in [4.69, 9.17) is 0 Å². The van der Waals surface area contributed by atoms with Crippen molar-refractivity contribution >= 4 is 15.5 Å². The molecule has 1 saturated heterocycles. The number of sulfone groups is 1. The Balaban J connectivity index is 1.66. The molecule has 0 spiro atoms. The number of aliphatic hydroxyl groups is 1. The van der Waals surface area contributed by atoms with Gasteiger partial charge in [-0.3, -0.25) is 4.68 Å². The van der Waals surface area contributed by atoms with Gasteiger partial charge in [0.15, 0.2) is 9.84 Å². The van der Waals surface area contributed by atoms with Gasteiger partial charge in [0.05, 0.1) is 42.1 Å². The number of nitrogens with zero attached hydrogens (tertiary/aromatic N) is 2. The Bertz CT molecular complexity index is 712. The molecule has 1 aliphatic heterocycles. The standard InChI is InChI=1S/C14H17N3O3S/c18-14-10-21(19,20)9-13(14)16-12-6-15-17(8-12)7-11-4-2-1-3-5-11/h1-6,8,13-14,16,18H,7,9-10H2. The van der Waals surface area contributed by atoms with Gasteiger partial charge in [0, 0.05) is 6.20 Å². The second-order valence-electron chi connectivity index (χ2n) is 5.31. The summed E-state index contributed by atoms with van der Waals surface area (Å²) in [5.74, 6) is -0.221. The van der Waals surface area contributed by atoms with Crippen LogP contribution in [0.3, 0.4) is 0 Å². The second kappa shape index (κ2) is 5.50. The molecule has 1 fully saturated rings. The summed E-state index contributed by atoms with van der Waals surface area (Å²) in [6.07, 6.45) is 2.58. The molecule has 0 amide bonds. The van der Waals surface area contributed by atoms with Gasteiger partial charge in [-0.2, -0.15) is 5.10 Å². The zero-order valence-corrected chi connectivity index (χ0v) is 12.2. The molecule has 7 heteroatoms. The number of nitrogens with one attached hydrogen (secondary N) is 1. The largest absolute Gasteiger partial charge is 0.390 e. The molecule has 0 saturated carbocycles. The maximum absolute atomic E-state index is 11.5. The molecule has 21 heavy (non-hydrogen) atoms. The van der Waals surface area contributed by atoms with Crippen molar-refractivity contribution in [2.75, 3.05) is 16.8 Å². The number of benzene rings is 1. The molecule has 1 aromatic heterocycles. The van der Waals surface area contributed by atoms with Gasteiger partial charge in [0.1, 0.15) is 0 Å². The van der Waals surface area contributed by atoms with Crippen molar-refractivity contribution in [2.24, 2.45) is 0 Å². The number of aliphatic hydroxyl groups excluding tert-OH is 1. The summed E-state index contributed by atoms with van der Waals surface area (Å²) in [4.78, 5) is 0. The first-order chi connectivity index (χ1) is 10.0. The fraction of sp³-hybridized carbons (Fsp3) is 0.357. The number of rotatable bonds is 4. The molecule has 112 valence electrons. The smallest absolute Gasteiger partial charge is 0.155 e. The first kappa shape index (κ1) is 14.1. The Morgan fingerprint density at radius 1 is 1.29 bits per heavy atom. The molecular formula is C14H17N3O3S. The molecule has 0 bridgehead atoms. The van der Waals surface area contributed by atoms with Crippen LogP contribution in [0.5, 0.6) is 0 Å². The van der Waals surface area contributed by atoms with Crippen LogP contribution in [0.25, 0.3) is 0 Å². The molecular weight excluding hydrogens is 290 g/mol. The topological polar surface area (TPSA) is 84.2 Å². The van der Waals surface area contributed by atoms with Crippen LogP contribution in [0.15, 0.2) is 42.7 Å². The number of hydrogen-bond donors (Lipinski definition) is 2. The summed E-state index contributed by atoms with van der Waals surface area (Å²) in [5, 5.41) is 17.0. The van der Waals surface area contributed by atoms with Crippen LogP contribution in [-0.4, -0.2) is 47.0 Å². The highest BCUT2D eigenvalue weighted by Crippen LogP contribution is 2.18. The van der Waals surface area contributed by atoms with Gasteiger partial charge < -0.3 is 10.4 Å². The van der Waals surface area contributed by atoms with Crippen LogP contribution in [0.2, 0.25) is 0 Å². The van der Waals surface area contributed by atoms with E-state index in [9.17, 15) is 13.5 Å². The molecule has 2 N–H and O–H groups in total. The summed E-state index contributed by atoms with van der Waals surface area (Å²) in [5.41, 5.74) is 1.85.